The fourth-order valence-electron chi connectivity index (χ4n) is 5.95. The molecule has 0 aromatic heterocycles. The number of carbonyl (C=O) groups excluding carboxylic acids is 1. The fraction of sp³-hybridized carbons (Fsp3) is 0.850. The van der Waals surface area contributed by atoms with E-state index in [1.165, 1.54) is 12.8 Å². The van der Waals surface area contributed by atoms with Gasteiger partial charge in [-0.2, -0.15) is 0 Å². The molecule has 0 amide bonds. The quantitative estimate of drug-likeness (QED) is 0.730. The van der Waals surface area contributed by atoms with E-state index in [2.05, 4.69) is 40.7 Å². The summed E-state index contributed by atoms with van der Waals surface area (Å²) in [5.41, 5.74) is 1.29. The Hall–Kier alpha value is -0.630. The predicted octanol–water partition coefficient (Wildman–Crippen LogP) is 4.37. The molecular weight excluding hydrogens is 272 g/mol. The molecule has 0 saturated heterocycles. The van der Waals surface area contributed by atoms with Crippen LogP contribution in [-0.4, -0.2) is 17.0 Å². The van der Waals surface area contributed by atoms with Crippen molar-refractivity contribution in [3.63, 3.8) is 0 Å². The number of fused-ring (bicyclic) bond motifs is 3. The standard InChI is InChI=1S/C20H32O2/c1-12(2)14-6-7-19(4)8-9-20(5)15(17(14)19)10-13(3)11-16(21)18(20)22/h10,12,14-15,17-18,22H,6-9,11H2,1-5H3. The second-order valence-electron chi connectivity index (χ2n) is 9.22. The lowest BCUT2D eigenvalue weighted by atomic mass is 9.51. The van der Waals surface area contributed by atoms with Crippen molar-refractivity contribution >= 4 is 5.78 Å². The largest absolute Gasteiger partial charge is 0.385 e. The zero-order valence-corrected chi connectivity index (χ0v) is 14.9. The van der Waals surface area contributed by atoms with E-state index in [0.29, 0.717) is 29.6 Å². The molecule has 0 bridgehead atoms. The number of hydrogen-bond acceptors (Lipinski definition) is 2. The second-order valence-corrected chi connectivity index (χ2v) is 9.22. The summed E-state index contributed by atoms with van der Waals surface area (Å²) in [4.78, 5) is 12.4. The van der Waals surface area contributed by atoms with Crippen LogP contribution in [0.1, 0.15) is 66.7 Å². The first-order valence-electron chi connectivity index (χ1n) is 9.07. The number of rotatable bonds is 1. The molecule has 0 spiro atoms. The van der Waals surface area contributed by atoms with Crippen LogP contribution in [0, 0.1) is 34.5 Å². The van der Waals surface area contributed by atoms with Gasteiger partial charge in [0.25, 0.3) is 0 Å². The van der Waals surface area contributed by atoms with Gasteiger partial charge in [-0.3, -0.25) is 4.79 Å². The van der Waals surface area contributed by atoms with Gasteiger partial charge in [-0.05, 0) is 61.7 Å². The van der Waals surface area contributed by atoms with E-state index >= 15 is 0 Å². The summed E-state index contributed by atoms with van der Waals surface area (Å²) < 4.78 is 0. The van der Waals surface area contributed by atoms with Crippen molar-refractivity contribution in [3.05, 3.63) is 11.6 Å². The van der Waals surface area contributed by atoms with Crippen LogP contribution in [0.3, 0.4) is 0 Å². The molecule has 1 N–H and O–H groups in total. The van der Waals surface area contributed by atoms with E-state index in [9.17, 15) is 9.90 Å². The first-order chi connectivity index (χ1) is 10.2. The molecule has 2 fully saturated rings. The molecule has 0 heterocycles. The van der Waals surface area contributed by atoms with Crippen molar-refractivity contribution < 1.29 is 9.90 Å². The summed E-state index contributed by atoms with van der Waals surface area (Å²) in [6.07, 6.45) is 6.77. The van der Waals surface area contributed by atoms with Gasteiger partial charge in [0.2, 0.25) is 0 Å². The van der Waals surface area contributed by atoms with Crippen LogP contribution in [0.5, 0.6) is 0 Å². The first-order valence-corrected chi connectivity index (χ1v) is 9.07. The maximum absolute atomic E-state index is 12.4. The van der Waals surface area contributed by atoms with Crippen molar-refractivity contribution in [2.45, 2.75) is 72.8 Å². The number of ketones is 1. The Morgan fingerprint density at radius 1 is 1.23 bits per heavy atom. The van der Waals surface area contributed by atoms with Gasteiger partial charge in [-0.25, -0.2) is 0 Å². The van der Waals surface area contributed by atoms with Crippen LogP contribution in [0.4, 0.5) is 0 Å². The molecule has 6 unspecified atom stereocenters. The van der Waals surface area contributed by atoms with Crippen LogP contribution < -0.4 is 0 Å². The van der Waals surface area contributed by atoms with Crippen LogP contribution in [0.2, 0.25) is 0 Å². The van der Waals surface area contributed by atoms with E-state index in [-0.39, 0.29) is 11.2 Å². The third kappa shape index (κ3) is 2.21. The summed E-state index contributed by atoms with van der Waals surface area (Å²) in [6.45, 7) is 11.4. The molecule has 0 aromatic rings. The summed E-state index contributed by atoms with van der Waals surface area (Å²) >= 11 is 0. The van der Waals surface area contributed by atoms with Crippen LogP contribution in [0.25, 0.3) is 0 Å². The van der Waals surface area contributed by atoms with Gasteiger partial charge >= 0.3 is 0 Å². The van der Waals surface area contributed by atoms with Crippen LogP contribution >= 0.6 is 0 Å². The van der Waals surface area contributed by atoms with E-state index in [1.807, 2.05) is 0 Å². The Morgan fingerprint density at radius 2 is 1.91 bits per heavy atom. The van der Waals surface area contributed by atoms with Gasteiger partial charge in [0.05, 0.1) is 0 Å². The Kier molecular flexibility index (Phi) is 3.83. The average molecular weight is 304 g/mol. The van der Waals surface area contributed by atoms with E-state index in [0.717, 1.165) is 24.3 Å². The van der Waals surface area contributed by atoms with Crippen molar-refractivity contribution in [3.8, 4) is 0 Å². The number of Topliss-reactive ketones (excluding diaryl/α,β-unsaturated/α-hetero) is 1. The lowest BCUT2D eigenvalue weighted by Crippen LogP contribution is -2.52. The monoisotopic (exact) mass is 304 g/mol. The number of hydrogen-bond donors (Lipinski definition) is 1. The van der Waals surface area contributed by atoms with Crippen molar-refractivity contribution in [1.82, 2.24) is 0 Å². The van der Waals surface area contributed by atoms with Crippen LogP contribution in [-0.2, 0) is 4.79 Å². The summed E-state index contributed by atoms with van der Waals surface area (Å²) in [5, 5.41) is 10.8. The Labute approximate surface area is 135 Å². The van der Waals surface area contributed by atoms with Gasteiger partial charge in [-0.1, -0.05) is 39.3 Å². The van der Waals surface area contributed by atoms with Gasteiger partial charge in [-0.15, -0.1) is 0 Å². The molecular formula is C20H32O2. The van der Waals surface area contributed by atoms with E-state index in [1.54, 1.807) is 0 Å². The predicted molar refractivity (Wildman–Crippen MR) is 89.4 cm³/mol. The molecule has 3 aliphatic rings. The van der Waals surface area contributed by atoms with Gasteiger partial charge < -0.3 is 5.11 Å². The average Bonchev–Trinajstić information content (AvgIpc) is 2.76. The second kappa shape index (κ2) is 5.19. The lowest BCUT2D eigenvalue weighted by Gasteiger charge is -2.54. The minimum atomic E-state index is -0.788. The van der Waals surface area contributed by atoms with Crippen LogP contribution in [0.15, 0.2) is 11.6 Å². The number of carbonyl (C=O) groups is 1. The minimum absolute atomic E-state index is 0.0291. The number of allylic oxidation sites excluding steroid dienone is 2. The minimum Gasteiger partial charge on any atom is -0.385 e. The highest BCUT2D eigenvalue weighted by atomic mass is 16.3. The molecule has 3 aliphatic carbocycles. The smallest absolute Gasteiger partial charge is 0.165 e. The van der Waals surface area contributed by atoms with Gasteiger partial charge in [0.15, 0.2) is 5.78 Å². The molecule has 0 aromatic carbocycles. The molecule has 2 nitrogen and oxygen atoms in total. The molecule has 3 rings (SSSR count). The number of aliphatic hydroxyl groups is 1. The highest BCUT2D eigenvalue weighted by Crippen LogP contribution is 2.64. The molecule has 0 radical (unpaired) electrons. The molecule has 2 saturated carbocycles. The van der Waals surface area contributed by atoms with Crippen molar-refractivity contribution in [1.29, 1.82) is 0 Å². The Morgan fingerprint density at radius 3 is 2.55 bits per heavy atom. The van der Waals surface area contributed by atoms with Crippen molar-refractivity contribution in [2.75, 3.05) is 0 Å². The molecule has 6 atom stereocenters. The normalized spacial score (nSPS) is 48.7. The highest BCUT2D eigenvalue weighted by Gasteiger charge is 2.59. The maximum Gasteiger partial charge on any atom is 0.165 e. The molecule has 22 heavy (non-hydrogen) atoms. The van der Waals surface area contributed by atoms with E-state index in [4.69, 9.17) is 0 Å². The maximum atomic E-state index is 12.4. The number of aliphatic hydroxyl groups excluding tert-OH is 1. The third-order valence-electron chi connectivity index (χ3n) is 7.40. The zero-order valence-electron chi connectivity index (χ0n) is 14.9. The SMILES string of the molecule is CC1=CC2C3C(C(C)C)CCC3(C)CCC2(C)C(O)C(=O)C1. The third-order valence-corrected chi connectivity index (χ3v) is 7.40. The lowest BCUT2D eigenvalue weighted by molar-refractivity contribution is -0.142. The summed E-state index contributed by atoms with van der Waals surface area (Å²) in [6, 6.07) is 0. The Balaban J connectivity index is 2.08. The first kappa shape index (κ1) is 16.2. The molecule has 0 aliphatic heterocycles. The summed E-state index contributed by atoms with van der Waals surface area (Å²) in [5.74, 6) is 2.39. The Bertz CT molecular complexity index is 506. The molecule has 2 heteroatoms. The zero-order chi connectivity index (χ0) is 16.3. The van der Waals surface area contributed by atoms with Crippen molar-refractivity contribution in [2.24, 2.45) is 34.5 Å². The molecule has 124 valence electrons. The summed E-state index contributed by atoms with van der Waals surface area (Å²) in [7, 11) is 0. The van der Waals surface area contributed by atoms with E-state index < -0.39 is 6.10 Å². The highest BCUT2D eigenvalue weighted by molar-refractivity contribution is 5.86. The topological polar surface area (TPSA) is 37.3 Å². The van der Waals surface area contributed by atoms with Gasteiger partial charge in [0.1, 0.15) is 6.10 Å². The fourth-order valence-corrected chi connectivity index (χ4v) is 5.95. The van der Waals surface area contributed by atoms with Gasteiger partial charge in [0, 0.05) is 11.8 Å².